The number of amides is 1. The highest BCUT2D eigenvalue weighted by molar-refractivity contribution is 5.96. The largest absolute Gasteiger partial charge is 0.492 e. The zero-order chi connectivity index (χ0) is 19.3. The second kappa shape index (κ2) is 7.95. The molecule has 0 aliphatic carbocycles. The van der Waals surface area contributed by atoms with Gasteiger partial charge in [0.1, 0.15) is 17.9 Å². The van der Waals surface area contributed by atoms with Crippen LogP contribution in [0.3, 0.4) is 0 Å². The minimum Gasteiger partial charge on any atom is -0.492 e. The van der Waals surface area contributed by atoms with Crippen LogP contribution in [0.25, 0.3) is 0 Å². The lowest BCUT2D eigenvalue weighted by atomic mass is 10.2. The number of nitrogens with one attached hydrogen (secondary N) is 1. The van der Waals surface area contributed by atoms with Crippen LogP contribution in [0.15, 0.2) is 36.5 Å². The number of hydrogen-bond donors (Lipinski definition) is 1. The fourth-order valence-electron chi connectivity index (χ4n) is 2.34. The predicted molar refractivity (Wildman–Crippen MR) is 97.4 cm³/mol. The van der Waals surface area contributed by atoms with Crippen molar-refractivity contribution in [3.63, 3.8) is 0 Å². The van der Waals surface area contributed by atoms with Crippen molar-refractivity contribution in [2.45, 2.75) is 33.0 Å². The molecule has 7 heteroatoms. The number of aromatic nitrogens is 1. The summed E-state index contributed by atoms with van der Waals surface area (Å²) in [6, 6.07) is 9.36. The molecule has 1 aromatic carbocycles. The van der Waals surface area contributed by atoms with E-state index >= 15 is 0 Å². The Morgan fingerprint density at radius 1 is 1.15 bits per heavy atom. The molecule has 1 heterocycles. The third-order valence-corrected chi connectivity index (χ3v) is 3.38. The molecule has 0 radical (unpaired) electrons. The van der Waals surface area contributed by atoms with E-state index in [1.54, 1.807) is 38.6 Å². The van der Waals surface area contributed by atoms with Crippen molar-refractivity contribution < 1.29 is 23.8 Å². The molecule has 0 fully saturated rings. The average Bonchev–Trinajstić information content (AvgIpc) is 2.86. The lowest BCUT2D eigenvalue weighted by Crippen LogP contribution is -2.27. The molecule has 1 aromatic heterocycles. The van der Waals surface area contributed by atoms with E-state index in [1.165, 1.54) is 7.11 Å². The Morgan fingerprint density at radius 2 is 1.81 bits per heavy atom. The fourth-order valence-corrected chi connectivity index (χ4v) is 2.34. The maximum Gasteiger partial charge on any atom is 0.412 e. The van der Waals surface area contributed by atoms with Gasteiger partial charge in [0.05, 0.1) is 7.11 Å². The number of carbonyl (C=O) groups excluding carboxylic acids is 2. The molecule has 2 rings (SSSR count). The molecule has 1 N–H and O–H groups in total. The second-order valence-electron chi connectivity index (χ2n) is 6.72. The van der Waals surface area contributed by atoms with E-state index in [0.29, 0.717) is 5.69 Å². The average molecular weight is 360 g/mol. The van der Waals surface area contributed by atoms with Crippen LogP contribution < -0.4 is 10.1 Å². The summed E-state index contributed by atoms with van der Waals surface area (Å²) in [6.07, 6.45) is 0.938. The highest BCUT2D eigenvalue weighted by atomic mass is 16.6. The number of aryl methyl sites for hydroxylation is 1. The van der Waals surface area contributed by atoms with Gasteiger partial charge in [-0.15, -0.1) is 0 Å². The topological polar surface area (TPSA) is 78.8 Å². The number of nitrogens with zero attached hydrogens (tertiary/aromatic N) is 1. The smallest absolute Gasteiger partial charge is 0.412 e. The van der Waals surface area contributed by atoms with Crippen molar-refractivity contribution in [2.75, 3.05) is 12.4 Å². The molecule has 2 aromatic rings. The van der Waals surface area contributed by atoms with Gasteiger partial charge in [-0.25, -0.2) is 9.59 Å². The summed E-state index contributed by atoms with van der Waals surface area (Å²) in [6.45, 7) is 5.44. The summed E-state index contributed by atoms with van der Waals surface area (Å²) in [5.41, 5.74) is 0.773. The van der Waals surface area contributed by atoms with E-state index in [-0.39, 0.29) is 18.1 Å². The van der Waals surface area contributed by atoms with Crippen molar-refractivity contribution in [1.82, 2.24) is 4.57 Å². The molecule has 7 nitrogen and oxygen atoms in total. The van der Waals surface area contributed by atoms with Gasteiger partial charge in [-0.2, -0.15) is 0 Å². The number of rotatable bonds is 5. The maximum atomic E-state index is 12.5. The van der Waals surface area contributed by atoms with Crippen LogP contribution in [0.1, 0.15) is 36.8 Å². The first-order chi connectivity index (χ1) is 12.2. The molecular formula is C19H24N2O5. The van der Waals surface area contributed by atoms with E-state index in [9.17, 15) is 9.59 Å². The van der Waals surface area contributed by atoms with Gasteiger partial charge in [0.15, 0.2) is 11.4 Å². The molecule has 0 unspecified atom stereocenters. The molecule has 0 aliphatic heterocycles. The molecule has 0 saturated carbocycles. The van der Waals surface area contributed by atoms with E-state index in [1.807, 2.05) is 30.3 Å². The third-order valence-electron chi connectivity index (χ3n) is 3.38. The Hall–Kier alpha value is -2.96. The number of benzene rings is 1. The molecule has 26 heavy (non-hydrogen) atoms. The summed E-state index contributed by atoms with van der Waals surface area (Å²) in [5.74, 6) is -0.332. The highest BCUT2D eigenvalue weighted by Crippen LogP contribution is 2.31. The van der Waals surface area contributed by atoms with Crippen molar-refractivity contribution in [3.8, 4) is 5.75 Å². The van der Waals surface area contributed by atoms with E-state index in [2.05, 4.69) is 5.32 Å². The second-order valence-corrected chi connectivity index (χ2v) is 6.72. The molecule has 0 saturated heterocycles. The summed E-state index contributed by atoms with van der Waals surface area (Å²) in [7, 11) is 3.09. The van der Waals surface area contributed by atoms with E-state index in [0.717, 1.165) is 5.56 Å². The van der Waals surface area contributed by atoms with Gasteiger partial charge in [0.2, 0.25) is 0 Å². The number of esters is 1. The van der Waals surface area contributed by atoms with Gasteiger partial charge in [-0.3, -0.25) is 5.32 Å². The zero-order valence-corrected chi connectivity index (χ0v) is 15.7. The lowest BCUT2D eigenvalue weighted by Gasteiger charge is -2.19. The summed E-state index contributed by atoms with van der Waals surface area (Å²) < 4.78 is 17.4. The minimum atomic E-state index is -0.635. The number of ether oxygens (including phenoxy) is 3. The van der Waals surface area contributed by atoms with Crippen LogP contribution in [-0.2, 0) is 23.1 Å². The van der Waals surface area contributed by atoms with Gasteiger partial charge >= 0.3 is 12.1 Å². The normalized spacial score (nSPS) is 11.0. The van der Waals surface area contributed by atoms with Gasteiger partial charge in [0.25, 0.3) is 0 Å². The standard InChI is InChI=1S/C19H24N2O5/c1-19(2,3)26-18(23)20-14-11-21(4)15(16(14)24-5)17(22)25-12-13-9-7-6-8-10-13/h6-11H,12H2,1-5H3,(H,20,23). The lowest BCUT2D eigenvalue weighted by molar-refractivity contribution is 0.0456. The van der Waals surface area contributed by atoms with Crippen LogP contribution in [0.2, 0.25) is 0 Å². The Bertz CT molecular complexity index is 775. The first-order valence-electron chi connectivity index (χ1n) is 8.15. The van der Waals surface area contributed by atoms with Crippen LogP contribution >= 0.6 is 0 Å². The van der Waals surface area contributed by atoms with Crippen LogP contribution in [0.5, 0.6) is 5.75 Å². The van der Waals surface area contributed by atoms with E-state index in [4.69, 9.17) is 14.2 Å². The predicted octanol–water partition coefficient (Wildman–Crippen LogP) is 3.74. The van der Waals surface area contributed by atoms with Crippen molar-refractivity contribution >= 4 is 17.7 Å². The van der Waals surface area contributed by atoms with E-state index < -0.39 is 17.7 Å². The van der Waals surface area contributed by atoms with Crippen LogP contribution in [-0.4, -0.2) is 29.3 Å². The van der Waals surface area contributed by atoms with Crippen molar-refractivity contribution in [3.05, 3.63) is 47.8 Å². The van der Waals surface area contributed by atoms with Gasteiger partial charge < -0.3 is 18.8 Å². The maximum absolute atomic E-state index is 12.5. The molecule has 0 atom stereocenters. The Morgan fingerprint density at radius 3 is 2.38 bits per heavy atom. The Balaban J connectivity index is 2.14. The van der Waals surface area contributed by atoms with Gasteiger partial charge in [0, 0.05) is 13.2 Å². The first kappa shape index (κ1) is 19.4. The first-order valence-corrected chi connectivity index (χ1v) is 8.15. The van der Waals surface area contributed by atoms with Crippen LogP contribution in [0.4, 0.5) is 10.5 Å². The molecular weight excluding hydrogens is 336 g/mol. The Kier molecular flexibility index (Phi) is 5.92. The summed E-state index contributed by atoms with van der Waals surface area (Å²) in [5, 5.41) is 2.59. The molecule has 140 valence electrons. The quantitative estimate of drug-likeness (QED) is 0.822. The summed E-state index contributed by atoms with van der Waals surface area (Å²) >= 11 is 0. The molecule has 0 spiro atoms. The number of methoxy groups -OCH3 is 1. The van der Waals surface area contributed by atoms with Crippen LogP contribution in [0, 0.1) is 0 Å². The Labute approximate surface area is 152 Å². The molecule has 0 aliphatic rings. The minimum absolute atomic E-state index is 0.142. The van der Waals surface area contributed by atoms with Crippen molar-refractivity contribution in [2.24, 2.45) is 7.05 Å². The third kappa shape index (κ3) is 5.02. The summed E-state index contributed by atoms with van der Waals surface area (Å²) in [4.78, 5) is 24.5. The number of carbonyl (C=O) groups is 2. The highest BCUT2D eigenvalue weighted by Gasteiger charge is 2.25. The SMILES string of the molecule is COc1c(NC(=O)OC(C)(C)C)cn(C)c1C(=O)OCc1ccccc1. The van der Waals surface area contributed by atoms with Gasteiger partial charge in [-0.1, -0.05) is 30.3 Å². The number of hydrogen-bond acceptors (Lipinski definition) is 5. The number of anilines is 1. The van der Waals surface area contributed by atoms with Crippen molar-refractivity contribution in [1.29, 1.82) is 0 Å². The fraction of sp³-hybridized carbons (Fsp3) is 0.368. The molecule has 1 amide bonds. The van der Waals surface area contributed by atoms with Gasteiger partial charge in [-0.05, 0) is 26.3 Å². The zero-order valence-electron chi connectivity index (χ0n) is 15.7. The monoisotopic (exact) mass is 360 g/mol. The molecule has 0 bridgehead atoms.